The Morgan fingerprint density at radius 1 is 0.968 bits per heavy atom. The van der Waals surface area contributed by atoms with E-state index in [-0.39, 0.29) is 5.92 Å². The number of aryl methyl sites for hydroxylation is 2. The molecule has 0 atom stereocenters. The quantitative estimate of drug-likeness (QED) is 0.287. The predicted octanol–water partition coefficient (Wildman–Crippen LogP) is 7.27. The van der Waals surface area contributed by atoms with E-state index in [1.54, 1.807) is 0 Å². The SMILES string of the molecule is [2H]C([2H])(c1cc[n+](C)c(-c2cc3oc4ccc5ccccc5c4c3cc2C)c1)C1CCCC1. The number of aromatic nitrogens is 1. The molecule has 0 radical (unpaired) electrons. The third-order valence-corrected chi connectivity index (χ3v) is 6.86. The minimum atomic E-state index is -1.31. The van der Waals surface area contributed by atoms with Crippen LogP contribution in [0.2, 0.25) is 0 Å². The Bertz CT molecular complexity index is 1530. The van der Waals surface area contributed by atoms with Gasteiger partial charge in [-0.2, -0.15) is 0 Å². The van der Waals surface area contributed by atoms with Crippen molar-refractivity contribution in [2.24, 2.45) is 13.0 Å². The first kappa shape index (κ1) is 16.5. The molecule has 0 amide bonds. The van der Waals surface area contributed by atoms with E-state index in [0.29, 0.717) is 0 Å². The van der Waals surface area contributed by atoms with Crippen molar-refractivity contribution in [1.29, 1.82) is 0 Å². The number of rotatable bonds is 3. The fourth-order valence-electron chi connectivity index (χ4n) is 5.21. The second kappa shape index (κ2) is 7.23. The van der Waals surface area contributed by atoms with Gasteiger partial charge in [0.15, 0.2) is 6.20 Å². The van der Waals surface area contributed by atoms with Gasteiger partial charge in [-0.15, -0.1) is 0 Å². The second-order valence-corrected chi connectivity index (χ2v) is 8.96. The maximum Gasteiger partial charge on any atom is 0.212 e. The molecule has 2 aromatic heterocycles. The van der Waals surface area contributed by atoms with Gasteiger partial charge in [0.25, 0.3) is 0 Å². The normalized spacial score (nSPS) is 16.3. The summed E-state index contributed by atoms with van der Waals surface area (Å²) in [7, 11) is 2.03. The van der Waals surface area contributed by atoms with Crippen molar-refractivity contribution in [3.63, 3.8) is 0 Å². The number of nitrogens with zero attached hydrogens (tertiary/aromatic N) is 1. The van der Waals surface area contributed by atoms with Crippen LogP contribution in [-0.2, 0) is 13.4 Å². The van der Waals surface area contributed by atoms with Crippen LogP contribution in [0.5, 0.6) is 0 Å². The molecule has 0 unspecified atom stereocenters. The molecule has 5 aromatic rings. The van der Waals surface area contributed by atoms with Crippen LogP contribution in [0, 0.1) is 12.8 Å². The molecule has 2 heteroatoms. The summed E-state index contributed by atoms with van der Waals surface area (Å²) in [5, 5.41) is 4.71. The van der Waals surface area contributed by atoms with Crippen LogP contribution in [-0.4, -0.2) is 0 Å². The molecule has 6 rings (SSSR count). The molecule has 3 aromatic carbocycles. The Hall–Kier alpha value is -3.13. The Kier molecular flexibility index (Phi) is 3.86. The lowest BCUT2D eigenvalue weighted by molar-refractivity contribution is -0.660. The first-order chi connectivity index (χ1) is 15.9. The van der Waals surface area contributed by atoms with Gasteiger partial charge in [0.2, 0.25) is 5.69 Å². The zero-order valence-corrected chi connectivity index (χ0v) is 18.1. The van der Waals surface area contributed by atoms with Crippen LogP contribution >= 0.6 is 0 Å². The van der Waals surface area contributed by atoms with E-state index in [1.165, 1.54) is 10.8 Å². The van der Waals surface area contributed by atoms with Gasteiger partial charge in [-0.1, -0.05) is 56.0 Å². The Balaban J connectivity index is 1.54. The summed E-state index contributed by atoms with van der Waals surface area (Å²) >= 11 is 0. The molecule has 1 aliphatic carbocycles. The van der Waals surface area contributed by atoms with Crippen molar-refractivity contribution < 1.29 is 11.7 Å². The molecule has 0 N–H and O–H groups in total. The second-order valence-electron chi connectivity index (χ2n) is 8.96. The minimum absolute atomic E-state index is 0.102. The Labute approximate surface area is 185 Å². The van der Waals surface area contributed by atoms with E-state index in [9.17, 15) is 0 Å². The highest BCUT2D eigenvalue weighted by molar-refractivity contribution is 6.19. The van der Waals surface area contributed by atoms with Gasteiger partial charge in [-0.25, -0.2) is 4.57 Å². The van der Waals surface area contributed by atoms with E-state index in [2.05, 4.69) is 60.0 Å². The standard InChI is InChI=1S/C29H28NO/c1-19-15-25-28(31-27-12-11-22-9-5-6-10-23(22)29(25)27)18-24(19)26-17-21(13-14-30(26)2)16-20-7-3-4-8-20/h5-6,9-15,17-18,20H,3-4,7-8,16H2,1-2H3/q+1/i16D2. The summed E-state index contributed by atoms with van der Waals surface area (Å²) in [5.41, 5.74) is 5.79. The van der Waals surface area contributed by atoms with Crippen molar-refractivity contribution in [3.8, 4) is 11.3 Å². The first-order valence-corrected chi connectivity index (χ1v) is 11.3. The molecule has 2 heterocycles. The minimum Gasteiger partial charge on any atom is -0.456 e. The number of hydrogen-bond donors (Lipinski definition) is 0. The highest BCUT2D eigenvalue weighted by Crippen LogP contribution is 2.38. The van der Waals surface area contributed by atoms with Crippen LogP contribution in [0.3, 0.4) is 0 Å². The van der Waals surface area contributed by atoms with Gasteiger partial charge in [-0.3, -0.25) is 0 Å². The van der Waals surface area contributed by atoms with Crippen LogP contribution < -0.4 is 4.57 Å². The van der Waals surface area contributed by atoms with Gasteiger partial charge >= 0.3 is 0 Å². The number of fused-ring (bicyclic) bond motifs is 5. The molecule has 0 aliphatic heterocycles. The van der Waals surface area contributed by atoms with E-state index < -0.39 is 6.37 Å². The first-order valence-electron chi connectivity index (χ1n) is 12.3. The average Bonchev–Trinajstić information content (AvgIpc) is 3.47. The summed E-state index contributed by atoms with van der Waals surface area (Å²) in [6, 6.07) is 21.0. The fraction of sp³-hybridized carbons (Fsp3) is 0.276. The molecule has 2 nitrogen and oxygen atoms in total. The van der Waals surface area contributed by atoms with Crippen molar-refractivity contribution in [2.45, 2.75) is 39.0 Å². The molecule has 31 heavy (non-hydrogen) atoms. The third-order valence-electron chi connectivity index (χ3n) is 6.86. The van der Waals surface area contributed by atoms with Crippen LogP contribution in [0.15, 0.2) is 71.3 Å². The van der Waals surface area contributed by atoms with E-state index in [4.69, 9.17) is 7.16 Å². The van der Waals surface area contributed by atoms with Crippen molar-refractivity contribution in [3.05, 3.63) is 78.0 Å². The molecule has 1 saturated carbocycles. The molecule has 1 fully saturated rings. The molecule has 0 saturated heterocycles. The van der Waals surface area contributed by atoms with Gasteiger partial charge < -0.3 is 4.42 Å². The van der Waals surface area contributed by atoms with Crippen LogP contribution in [0.1, 0.15) is 39.6 Å². The van der Waals surface area contributed by atoms with Crippen LogP contribution in [0.4, 0.5) is 0 Å². The molecule has 1 aliphatic rings. The van der Waals surface area contributed by atoms with Crippen molar-refractivity contribution in [2.75, 3.05) is 0 Å². The largest absolute Gasteiger partial charge is 0.456 e. The zero-order chi connectivity index (χ0) is 22.7. The molecule has 0 spiro atoms. The summed E-state index contributed by atoms with van der Waals surface area (Å²) in [4.78, 5) is 0. The smallest absolute Gasteiger partial charge is 0.212 e. The molecular weight excluding hydrogens is 378 g/mol. The lowest BCUT2D eigenvalue weighted by Gasteiger charge is -2.10. The number of pyridine rings is 1. The number of furan rings is 1. The maximum absolute atomic E-state index is 8.87. The fourth-order valence-corrected chi connectivity index (χ4v) is 5.21. The summed E-state index contributed by atoms with van der Waals surface area (Å²) in [6.07, 6.45) is 4.90. The maximum atomic E-state index is 8.87. The summed E-state index contributed by atoms with van der Waals surface area (Å²) in [5.74, 6) is 0.102. The summed E-state index contributed by atoms with van der Waals surface area (Å²) < 4.78 is 26.1. The molecule has 0 bridgehead atoms. The van der Waals surface area contributed by atoms with Crippen LogP contribution in [0.25, 0.3) is 44.0 Å². The number of hydrogen-bond acceptors (Lipinski definition) is 1. The summed E-state index contributed by atoms with van der Waals surface area (Å²) in [6.45, 7) is 2.14. The number of benzene rings is 3. The monoisotopic (exact) mass is 408 g/mol. The Morgan fingerprint density at radius 2 is 1.81 bits per heavy atom. The topological polar surface area (TPSA) is 17.0 Å². The molecular formula is C29H28NO+. The predicted molar refractivity (Wildman–Crippen MR) is 128 cm³/mol. The highest BCUT2D eigenvalue weighted by Gasteiger charge is 2.20. The highest BCUT2D eigenvalue weighted by atomic mass is 16.3. The van der Waals surface area contributed by atoms with Gasteiger partial charge in [0.05, 0.1) is 5.56 Å². The average molecular weight is 409 g/mol. The van der Waals surface area contributed by atoms with Crippen molar-refractivity contribution in [1.82, 2.24) is 0 Å². The van der Waals surface area contributed by atoms with E-state index >= 15 is 0 Å². The van der Waals surface area contributed by atoms with Gasteiger partial charge in [0, 0.05) is 25.6 Å². The van der Waals surface area contributed by atoms with E-state index in [0.717, 1.165) is 70.0 Å². The lowest BCUT2D eigenvalue weighted by Crippen LogP contribution is -2.30. The zero-order valence-electron chi connectivity index (χ0n) is 20.1. The third kappa shape index (κ3) is 3.13. The van der Waals surface area contributed by atoms with Gasteiger partial charge in [0.1, 0.15) is 18.2 Å². The molecule has 154 valence electrons. The van der Waals surface area contributed by atoms with E-state index in [1.807, 2.05) is 25.4 Å². The van der Waals surface area contributed by atoms with Gasteiger partial charge in [-0.05, 0) is 59.3 Å². The lowest BCUT2D eigenvalue weighted by atomic mass is 9.95. The van der Waals surface area contributed by atoms with Crippen molar-refractivity contribution >= 4 is 32.7 Å². The Morgan fingerprint density at radius 3 is 2.68 bits per heavy atom.